The van der Waals surface area contributed by atoms with Gasteiger partial charge in [0.25, 0.3) is 5.91 Å². The number of amides is 1. The fourth-order valence-corrected chi connectivity index (χ4v) is 5.90. The van der Waals surface area contributed by atoms with Gasteiger partial charge in [-0.25, -0.2) is 0 Å². The van der Waals surface area contributed by atoms with E-state index in [0.717, 1.165) is 31.2 Å². The van der Waals surface area contributed by atoms with Crippen molar-refractivity contribution in [2.75, 3.05) is 11.5 Å². The molecular formula is C17H25ClN2OS2. The van der Waals surface area contributed by atoms with Gasteiger partial charge in [0.05, 0.1) is 4.58 Å². The molecule has 3 N–H and O–H groups in total. The normalized spacial score (nSPS) is 25.4. The van der Waals surface area contributed by atoms with Crippen LogP contribution in [-0.4, -0.2) is 29.5 Å². The third-order valence-electron chi connectivity index (χ3n) is 4.38. The smallest absolute Gasteiger partial charge is 0.251 e. The van der Waals surface area contributed by atoms with Crippen LogP contribution in [0, 0.1) is 0 Å². The number of carbonyl (C=O) groups is 1. The molecular weight excluding hydrogens is 348 g/mol. The minimum Gasteiger partial charge on any atom is -0.349 e. The van der Waals surface area contributed by atoms with Crippen LogP contribution < -0.4 is 11.1 Å². The highest BCUT2D eigenvalue weighted by atomic mass is 35.5. The predicted molar refractivity (Wildman–Crippen MR) is 104 cm³/mol. The summed E-state index contributed by atoms with van der Waals surface area (Å²) in [6, 6.07) is 8.77. The average Bonchev–Trinajstić information content (AvgIpc) is 2.58. The summed E-state index contributed by atoms with van der Waals surface area (Å²) in [5.74, 6) is 2.53. The van der Waals surface area contributed by atoms with Crippen LogP contribution in [0.2, 0.25) is 0 Å². The quantitative estimate of drug-likeness (QED) is 0.842. The summed E-state index contributed by atoms with van der Waals surface area (Å²) in [6.07, 6.45) is 5.33. The Morgan fingerprint density at radius 3 is 2.26 bits per heavy atom. The number of thioether (sulfide) groups is 2. The predicted octanol–water partition coefficient (Wildman–Crippen LogP) is 3.98. The number of carbonyl (C=O) groups excluding carboxylic acids is 1. The zero-order valence-electron chi connectivity index (χ0n) is 13.2. The lowest BCUT2D eigenvalue weighted by Gasteiger charge is -2.27. The summed E-state index contributed by atoms with van der Waals surface area (Å²) in [6.45, 7) is 0. The molecule has 0 aromatic heterocycles. The van der Waals surface area contributed by atoms with Gasteiger partial charge in [0.2, 0.25) is 0 Å². The van der Waals surface area contributed by atoms with Crippen molar-refractivity contribution in [1.82, 2.24) is 5.32 Å². The van der Waals surface area contributed by atoms with Crippen molar-refractivity contribution < 1.29 is 4.79 Å². The van der Waals surface area contributed by atoms with Crippen LogP contribution in [0.4, 0.5) is 0 Å². The maximum atomic E-state index is 12.3. The lowest BCUT2D eigenvalue weighted by atomic mass is 9.91. The first-order valence-electron chi connectivity index (χ1n) is 8.12. The molecule has 0 unspecified atom stereocenters. The van der Waals surface area contributed by atoms with Crippen molar-refractivity contribution in [2.45, 2.75) is 48.8 Å². The van der Waals surface area contributed by atoms with Crippen LogP contribution in [0.25, 0.3) is 0 Å². The van der Waals surface area contributed by atoms with E-state index in [1.54, 1.807) is 0 Å². The van der Waals surface area contributed by atoms with E-state index in [9.17, 15) is 4.79 Å². The number of hydrogen-bond donors (Lipinski definition) is 2. The molecule has 3 rings (SSSR count). The molecule has 6 heteroatoms. The maximum Gasteiger partial charge on any atom is 0.251 e. The van der Waals surface area contributed by atoms with E-state index in [0.29, 0.717) is 10.6 Å². The Kier molecular flexibility index (Phi) is 7.60. The van der Waals surface area contributed by atoms with Crippen molar-refractivity contribution >= 4 is 41.8 Å². The lowest BCUT2D eigenvalue weighted by molar-refractivity contribution is 0.0926. The molecule has 23 heavy (non-hydrogen) atoms. The lowest BCUT2D eigenvalue weighted by Crippen LogP contribution is -2.40. The summed E-state index contributed by atoms with van der Waals surface area (Å²) >= 11 is 4.02. The minimum absolute atomic E-state index is 0. The van der Waals surface area contributed by atoms with Gasteiger partial charge in [-0.3, -0.25) is 4.79 Å². The molecule has 0 bridgehead atoms. The van der Waals surface area contributed by atoms with E-state index in [2.05, 4.69) is 17.4 Å². The van der Waals surface area contributed by atoms with Crippen molar-refractivity contribution in [3.05, 3.63) is 35.4 Å². The first-order chi connectivity index (χ1) is 10.7. The number of nitrogens with two attached hydrogens (primary N) is 1. The summed E-state index contributed by atoms with van der Waals surface area (Å²) in [4.78, 5) is 12.3. The third-order valence-corrected chi connectivity index (χ3v) is 7.39. The minimum atomic E-state index is 0. The fourth-order valence-electron chi connectivity index (χ4n) is 3.00. The molecule has 128 valence electrons. The highest BCUT2D eigenvalue weighted by Gasteiger charge is 2.21. The molecule has 1 heterocycles. The summed E-state index contributed by atoms with van der Waals surface area (Å²) < 4.78 is 0.533. The number of halogens is 1. The fraction of sp³-hybridized carbons (Fsp3) is 0.588. The van der Waals surface area contributed by atoms with Crippen LogP contribution in [0.3, 0.4) is 0 Å². The Balaban J connectivity index is 0.00000192. The van der Waals surface area contributed by atoms with Crippen molar-refractivity contribution in [3.63, 3.8) is 0 Å². The molecule has 0 atom stereocenters. The van der Waals surface area contributed by atoms with Crippen LogP contribution in [0.15, 0.2) is 24.3 Å². The molecule has 3 nitrogen and oxygen atoms in total. The van der Waals surface area contributed by atoms with E-state index in [1.165, 1.54) is 23.5 Å². The monoisotopic (exact) mass is 372 g/mol. The topological polar surface area (TPSA) is 55.1 Å². The van der Waals surface area contributed by atoms with E-state index in [-0.39, 0.29) is 24.4 Å². The summed E-state index contributed by atoms with van der Waals surface area (Å²) in [5, 5.41) is 3.15. The standard InChI is InChI=1S/C17H24N2OS2.ClH/c18-14-6-8-15(9-7-14)19-16(20)12-2-4-13(5-3-12)17-21-10-1-11-22-17;/h2-5,14-15,17H,1,6-11,18H2,(H,19,20);1H. The van der Waals surface area contributed by atoms with E-state index < -0.39 is 0 Å². The van der Waals surface area contributed by atoms with Crippen LogP contribution >= 0.6 is 35.9 Å². The van der Waals surface area contributed by atoms with Gasteiger partial charge in [-0.1, -0.05) is 12.1 Å². The second kappa shape index (κ2) is 9.21. The van der Waals surface area contributed by atoms with Crippen LogP contribution in [0.5, 0.6) is 0 Å². The van der Waals surface area contributed by atoms with Gasteiger partial charge in [0.15, 0.2) is 0 Å². The first-order valence-corrected chi connectivity index (χ1v) is 10.2. The second-order valence-corrected chi connectivity index (χ2v) is 8.86. The zero-order valence-corrected chi connectivity index (χ0v) is 15.7. The van der Waals surface area contributed by atoms with Crippen LogP contribution in [-0.2, 0) is 0 Å². The summed E-state index contributed by atoms with van der Waals surface area (Å²) in [5.41, 5.74) is 8.01. The van der Waals surface area contributed by atoms with Crippen molar-refractivity contribution in [1.29, 1.82) is 0 Å². The number of rotatable bonds is 3. The number of nitrogens with one attached hydrogen (secondary N) is 1. The van der Waals surface area contributed by atoms with Crippen LogP contribution in [0.1, 0.15) is 52.6 Å². The molecule has 1 aromatic carbocycles. The van der Waals surface area contributed by atoms with Gasteiger partial charge < -0.3 is 11.1 Å². The maximum absolute atomic E-state index is 12.3. The molecule has 2 aliphatic rings. The summed E-state index contributed by atoms with van der Waals surface area (Å²) in [7, 11) is 0. The molecule has 0 radical (unpaired) electrons. The largest absolute Gasteiger partial charge is 0.349 e. The molecule has 2 fully saturated rings. The highest BCUT2D eigenvalue weighted by molar-refractivity contribution is 8.16. The molecule has 1 aromatic rings. The third kappa shape index (κ3) is 5.31. The highest BCUT2D eigenvalue weighted by Crippen LogP contribution is 2.43. The van der Waals surface area contributed by atoms with Gasteiger partial charge in [-0.05, 0) is 61.3 Å². The first kappa shape index (κ1) is 19.0. The Morgan fingerprint density at radius 2 is 1.65 bits per heavy atom. The Bertz CT molecular complexity index is 498. The van der Waals surface area contributed by atoms with Crippen molar-refractivity contribution in [3.8, 4) is 0 Å². The second-order valence-electron chi connectivity index (χ2n) is 6.13. The SMILES string of the molecule is Cl.NC1CCC(NC(=O)c2ccc(C3SCCCS3)cc2)CC1. The Morgan fingerprint density at radius 1 is 1.04 bits per heavy atom. The molecule has 1 saturated heterocycles. The Labute approximate surface area is 153 Å². The number of hydrogen-bond acceptors (Lipinski definition) is 4. The molecule has 0 spiro atoms. The zero-order chi connectivity index (χ0) is 15.4. The van der Waals surface area contributed by atoms with Gasteiger partial charge >= 0.3 is 0 Å². The Hall–Kier alpha value is -0.360. The van der Waals surface area contributed by atoms with Gasteiger partial charge in [-0.15, -0.1) is 35.9 Å². The van der Waals surface area contributed by atoms with Crippen molar-refractivity contribution in [2.24, 2.45) is 5.73 Å². The average molecular weight is 373 g/mol. The molecule has 1 aliphatic heterocycles. The van der Waals surface area contributed by atoms with E-state index in [1.807, 2.05) is 35.7 Å². The van der Waals surface area contributed by atoms with Gasteiger partial charge in [0.1, 0.15) is 0 Å². The van der Waals surface area contributed by atoms with Gasteiger partial charge in [0, 0.05) is 17.6 Å². The molecule has 1 amide bonds. The van der Waals surface area contributed by atoms with E-state index >= 15 is 0 Å². The van der Waals surface area contributed by atoms with Gasteiger partial charge in [-0.2, -0.15) is 0 Å². The van der Waals surface area contributed by atoms with E-state index in [4.69, 9.17) is 5.73 Å². The molecule has 1 saturated carbocycles. The molecule has 1 aliphatic carbocycles. The number of benzene rings is 1.